The van der Waals surface area contributed by atoms with Crippen molar-refractivity contribution in [3.63, 3.8) is 0 Å². The average Bonchev–Trinajstić information content (AvgIpc) is 3.37. The first-order valence-electron chi connectivity index (χ1n) is 9.20. The molecule has 1 saturated heterocycles. The molecule has 0 radical (unpaired) electrons. The van der Waals surface area contributed by atoms with Gasteiger partial charge in [0.05, 0.1) is 29.5 Å². The van der Waals surface area contributed by atoms with Crippen molar-refractivity contribution < 1.29 is 4.74 Å². The molecule has 0 atom stereocenters. The van der Waals surface area contributed by atoms with Crippen LogP contribution in [0, 0.1) is 0 Å². The summed E-state index contributed by atoms with van der Waals surface area (Å²) >= 11 is 1.67. The highest BCUT2D eigenvalue weighted by Gasteiger charge is 2.23. The van der Waals surface area contributed by atoms with E-state index in [-0.39, 0.29) is 0 Å². The minimum atomic E-state index is 0.513. The molecule has 0 amide bonds. The number of aromatic nitrogens is 4. The van der Waals surface area contributed by atoms with Crippen LogP contribution in [0.3, 0.4) is 0 Å². The van der Waals surface area contributed by atoms with E-state index >= 15 is 0 Å². The molecule has 3 aromatic rings. The molecule has 7 nitrogen and oxygen atoms in total. The minimum Gasteiger partial charge on any atom is -0.378 e. The molecule has 8 heteroatoms. The van der Waals surface area contributed by atoms with Gasteiger partial charge in [0, 0.05) is 37.1 Å². The van der Waals surface area contributed by atoms with Gasteiger partial charge in [-0.2, -0.15) is 0 Å². The highest BCUT2D eigenvalue weighted by molar-refractivity contribution is 7.13. The van der Waals surface area contributed by atoms with E-state index in [0.717, 1.165) is 40.9 Å². The van der Waals surface area contributed by atoms with Gasteiger partial charge in [-0.05, 0) is 30.4 Å². The van der Waals surface area contributed by atoms with E-state index in [4.69, 9.17) is 14.7 Å². The van der Waals surface area contributed by atoms with Gasteiger partial charge >= 0.3 is 0 Å². The summed E-state index contributed by atoms with van der Waals surface area (Å²) in [6.07, 6.45) is 6.06. The molecule has 0 bridgehead atoms. The molecule has 1 aliphatic carbocycles. The summed E-state index contributed by atoms with van der Waals surface area (Å²) < 4.78 is 5.43. The molecule has 27 heavy (non-hydrogen) atoms. The predicted octanol–water partition coefficient (Wildman–Crippen LogP) is 3.07. The van der Waals surface area contributed by atoms with Crippen LogP contribution >= 0.6 is 11.3 Å². The van der Waals surface area contributed by atoms with E-state index in [0.29, 0.717) is 25.2 Å². The first kappa shape index (κ1) is 16.6. The minimum absolute atomic E-state index is 0.513. The Morgan fingerprint density at radius 2 is 2.00 bits per heavy atom. The highest BCUT2D eigenvalue weighted by atomic mass is 32.1. The third-order valence-corrected chi connectivity index (χ3v) is 5.54. The summed E-state index contributed by atoms with van der Waals surface area (Å²) in [5, 5.41) is 5.45. The lowest BCUT2D eigenvalue weighted by atomic mass is 10.1. The van der Waals surface area contributed by atoms with Gasteiger partial charge in [0.2, 0.25) is 11.9 Å². The van der Waals surface area contributed by atoms with Crippen LogP contribution in [0.4, 0.5) is 11.9 Å². The Hall–Kier alpha value is -2.58. The van der Waals surface area contributed by atoms with Crippen molar-refractivity contribution in [2.75, 3.05) is 36.5 Å². The average molecular weight is 380 g/mol. The van der Waals surface area contributed by atoms with Crippen LogP contribution in [0.1, 0.15) is 12.8 Å². The predicted molar refractivity (Wildman–Crippen MR) is 106 cm³/mol. The van der Waals surface area contributed by atoms with Crippen LogP contribution in [0.15, 0.2) is 36.0 Å². The fourth-order valence-electron chi connectivity index (χ4n) is 3.06. The molecular formula is C19H20N6OS. The number of anilines is 2. The molecule has 0 unspecified atom stereocenters. The zero-order valence-electron chi connectivity index (χ0n) is 14.8. The SMILES string of the molecule is c1csc(-c2nc(NC3CC3)ncc2-c2ccnc(N3CCOCC3)n2)c1. The molecule has 1 N–H and O–H groups in total. The van der Waals surface area contributed by atoms with Gasteiger partial charge in [-0.25, -0.2) is 19.9 Å². The molecule has 5 rings (SSSR count). The first-order chi connectivity index (χ1) is 13.4. The Balaban J connectivity index is 1.53. The Morgan fingerprint density at radius 1 is 1.11 bits per heavy atom. The van der Waals surface area contributed by atoms with Gasteiger partial charge in [0.25, 0.3) is 0 Å². The second kappa shape index (κ2) is 7.21. The molecule has 4 heterocycles. The Labute approximate surface area is 161 Å². The second-order valence-corrected chi connectivity index (χ2v) is 7.64. The number of nitrogens with one attached hydrogen (secondary N) is 1. The summed E-state index contributed by atoms with van der Waals surface area (Å²) in [6.45, 7) is 3.03. The Morgan fingerprint density at radius 3 is 2.78 bits per heavy atom. The number of hydrogen-bond donors (Lipinski definition) is 1. The van der Waals surface area contributed by atoms with E-state index in [9.17, 15) is 0 Å². The van der Waals surface area contributed by atoms with Crippen LogP contribution in [0.5, 0.6) is 0 Å². The lowest BCUT2D eigenvalue weighted by Gasteiger charge is -2.26. The molecule has 138 valence electrons. The van der Waals surface area contributed by atoms with Crippen molar-refractivity contribution in [3.05, 3.63) is 36.0 Å². The van der Waals surface area contributed by atoms with Gasteiger partial charge in [-0.3, -0.25) is 0 Å². The molecule has 1 aliphatic heterocycles. The second-order valence-electron chi connectivity index (χ2n) is 6.69. The van der Waals surface area contributed by atoms with Crippen molar-refractivity contribution in [3.8, 4) is 21.8 Å². The van der Waals surface area contributed by atoms with Gasteiger partial charge in [-0.15, -0.1) is 11.3 Å². The lowest BCUT2D eigenvalue weighted by Crippen LogP contribution is -2.37. The molecule has 3 aromatic heterocycles. The summed E-state index contributed by atoms with van der Waals surface area (Å²) in [4.78, 5) is 21.9. The number of rotatable bonds is 5. The van der Waals surface area contributed by atoms with Gasteiger partial charge in [-0.1, -0.05) is 6.07 Å². The number of thiophene rings is 1. The van der Waals surface area contributed by atoms with Crippen molar-refractivity contribution in [2.45, 2.75) is 18.9 Å². The topological polar surface area (TPSA) is 76.1 Å². The maximum Gasteiger partial charge on any atom is 0.226 e. The van der Waals surface area contributed by atoms with Crippen molar-refractivity contribution in [2.24, 2.45) is 0 Å². The largest absolute Gasteiger partial charge is 0.378 e. The smallest absolute Gasteiger partial charge is 0.226 e. The van der Waals surface area contributed by atoms with E-state index in [2.05, 4.69) is 31.6 Å². The molecule has 2 fully saturated rings. The van der Waals surface area contributed by atoms with Crippen molar-refractivity contribution in [1.29, 1.82) is 0 Å². The van der Waals surface area contributed by atoms with Crippen LogP contribution in [0.2, 0.25) is 0 Å². The van der Waals surface area contributed by atoms with Crippen LogP contribution in [-0.4, -0.2) is 52.3 Å². The normalized spacial score (nSPS) is 17.1. The van der Waals surface area contributed by atoms with Gasteiger partial charge in [0.1, 0.15) is 0 Å². The van der Waals surface area contributed by atoms with E-state index in [1.807, 2.05) is 24.5 Å². The number of nitrogens with zero attached hydrogens (tertiary/aromatic N) is 5. The quantitative estimate of drug-likeness (QED) is 0.729. The van der Waals surface area contributed by atoms with E-state index in [1.165, 1.54) is 12.8 Å². The summed E-state index contributed by atoms with van der Waals surface area (Å²) in [5.41, 5.74) is 2.68. The van der Waals surface area contributed by atoms with Crippen molar-refractivity contribution >= 4 is 23.2 Å². The van der Waals surface area contributed by atoms with Crippen LogP contribution < -0.4 is 10.2 Å². The van der Waals surface area contributed by atoms with Crippen LogP contribution in [0.25, 0.3) is 21.8 Å². The Kier molecular flexibility index (Phi) is 4.43. The molecule has 2 aliphatic rings. The first-order valence-corrected chi connectivity index (χ1v) is 10.1. The number of morpholine rings is 1. The van der Waals surface area contributed by atoms with Gasteiger partial charge < -0.3 is 15.0 Å². The maximum absolute atomic E-state index is 5.43. The van der Waals surface area contributed by atoms with E-state index < -0.39 is 0 Å². The molecule has 1 saturated carbocycles. The third kappa shape index (κ3) is 3.63. The standard InChI is InChI=1S/C19H20N6OS/c1-2-16(27-11-1)17-14(12-21-18(24-17)22-13-3-4-13)15-5-6-20-19(23-15)25-7-9-26-10-8-25/h1-2,5-6,11-13H,3-4,7-10H2,(H,21,22,24). The molecule has 0 aromatic carbocycles. The van der Waals surface area contributed by atoms with Crippen molar-refractivity contribution in [1.82, 2.24) is 19.9 Å². The fraction of sp³-hybridized carbons (Fsp3) is 0.368. The lowest BCUT2D eigenvalue weighted by molar-refractivity contribution is 0.122. The van der Waals surface area contributed by atoms with Crippen LogP contribution in [-0.2, 0) is 4.74 Å². The molecular weight excluding hydrogens is 360 g/mol. The monoisotopic (exact) mass is 380 g/mol. The van der Waals surface area contributed by atoms with E-state index in [1.54, 1.807) is 11.3 Å². The summed E-state index contributed by atoms with van der Waals surface area (Å²) in [5.74, 6) is 1.42. The fourth-order valence-corrected chi connectivity index (χ4v) is 3.79. The number of ether oxygens (including phenoxy) is 1. The Bertz CT molecular complexity index is 922. The summed E-state index contributed by atoms with van der Waals surface area (Å²) in [7, 11) is 0. The third-order valence-electron chi connectivity index (χ3n) is 4.67. The zero-order chi connectivity index (χ0) is 18.1. The number of hydrogen-bond acceptors (Lipinski definition) is 8. The molecule has 0 spiro atoms. The van der Waals surface area contributed by atoms with Gasteiger partial charge in [0.15, 0.2) is 0 Å². The highest BCUT2D eigenvalue weighted by Crippen LogP contribution is 2.34. The zero-order valence-corrected chi connectivity index (χ0v) is 15.7. The summed E-state index contributed by atoms with van der Waals surface area (Å²) in [6, 6.07) is 6.56. The maximum atomic E-state index is 5.43.